The van der Waals surface area contributed by atoms with Crippen molar-refractivity contribution >= 4 is 31.3 Å². The molecule has 0 atom stereocenters. The first kappa shape index (κ1) is 9.67. The largest absolute Gasteiger partial charge is 0.356 e. The first-order valence-electron chi connectivity index (χ1n) is 5.48. The lowest BCUT2D eigenvalue weighted by Gasteiger charge is -2.21. The van der Waals surface area contributed by atoms with Gasteiger partial charge in [-0.2, -0.15) is 0 Å². The van der Waals surface area contributed by atoms with Crippen molar-refractivity contribution in [3.05, 3.63) is 47.5 Å². The Labute approximate surface area is 98.3 Å². The maximum absolute atomic E-state index is 3.52. The quantitative estimate of drug-likeness (QED) is 0.575. The van der Waals surface area contributed by atoms with Crippen molar-refractivity contribution in [2.45, 2.75) is 13.8 Å². The standard InChI is InChI=1S/C14H13NSi/c1-9-4-6-13-12(7-9)15-11-5-3-10(2)8-14(11)16-13/h3-8,15H,1-2H3. The fourth-order valence-electron chi connectivity index (χ4n) is 2.03. The molecular formula is C14H13NSi. The number of hydrogen-bond acceptors (Lipinski definition) is 1. The number of hydrogen-bond donors (Lipinski definition) is 1. The minimum atomic E-state index is 0.774. The Morgan fingerprint density at radius 1 is 0.812 bits per heavy atom. The molecule has 2 radical (unpaired) electrons. The number of anilines is 2. The van der Waals surface area contributed by atoms with Crippen LogP contribution < -0.4 is 15.7 Å². The summed E-state index contributed by atoms with van der Waals surface area (Å²) >= 11 is 0. The van der Waals surface area contributed by atoms with Crippen LogP contribution in [0, 0.1) is 13.8 Å². The van der Waals surface area contributed by atoms with E-state index in [1.807, 2.05) is 0 Å². The Morgan fingerprint density at radius 2 is 1.56 bits per heavy atom. The summed E-state index contributed by atoms with van der Waals surface area (Å²) in [5.74, 6) is 0. The van der Waals surface area contributed by atoms with E-state index in [9.17, 15) is 0 Å². The monoisotopic (exact) mass is 223 g/mol. The van der Waals surface area contributed by atoms with E-state index in [4.69, 9.17) is 0 Å². The highest BCUT2D eigenvalue weighted by molar-refractivity contribution is 6.71. The predicted octanol–water partition coefficient (Wildman–Crippen LogP) is 2.02. The van der Waals surface area contributed by atoms with Crippen molar-refractivity contribution < 1.29 is 0 Å². The van der Waals surface area contributed by atoms with Crippen LogP contribution in [0.15, 0.2) is 36.4 Å². The van der Waals surface area contributed by atoms with Gasteiger partial charge in [-0.3, -0.25) is 0 Å². The molecule has 1 nitrogen and oxygen atoms in total. The maximum atomic E-state index is 3.52. The van der Waals surface area contributed by atoms with Crippen LogP contribution in [0.5, 0.6) is 0 Å². The minimum Gasteiger partial charge on any atom is -0.356 e. The van der Waals surface area contributed by atoms with E-state index in [1.165, 1.54) is 32.9 Å². The molecule has 1 N–H and O–H groups in total. The molecule has 0 amide bonds. The lowest BCUT2D eigenvalue weighted by Crippen LogP contribution is -2.35. The van der Waals surface area contributed by atoms with Crippen LogP contribution in [0.25, 0.3) is 0 Å². The van der Waals surface area contributed by atoms with Gasteiger partial charge in [0.25, 0.3) is 0 Å². The number of fused-ring (bicyclic) bond motifs is 2. The van der Waals surface area contributed by atoms with Crippen molar-refractivity contribution in [1.82, 2.24) is 0 Å². The topological polar surface area (TPSA) is 12.0 Å². The molecule has 2 heteroatoms. The Balaban J connectivity index is 2.09. The highest BCUT2D eigenvalue weighted by Crippen LogP contribution is 2.18. The van der Waals surface area contributed by atoms with Gasteiger partial charge in [-0.05, 0) is 41.9 Å². The van der Waals surface area contributed by atoms with Gasteiger partial charge in [-0.1, -0.05) is 29.8 Å². The van der Waals surface area contributed by atoms with Crippen molar-refractivity contribution in [1.29, 1.82) is 0 Å². The van der Waals surface area contributed by atoms with Crippen molar-refractivity contribution in [3.8, 4) is 0 Å². The molecule has 1 aliphatic rings. The number of aryl methyl sites for hydroxylation is 2. The van der Waals surface area contributed by atoms with Crippen LogP contribution in [0.1, 0.15) is 11.1 Å². The molecule has 16 heavy (non-hydrogen) atoms. The summed E-state index contributed by atoms with van der Waals surface area (Å²) < 4.78 is 0. The molecule has 2 aromatic rings. The molecule has 78 valence electrons. The molecule has 0 aromatic heterocycles. The highest BCUT2D eigenvalue weighted by atomic mass is 28.2. The van der Waals surface area contributed by atoms with E-state index in [-0.39, 0.29) is 0 Å². The van der Waals surface area contributed by atoms with Crippen LogP contribution >= 0.6 is 0 Å². The van der Waals surface area contributed by atoms with Crippen molar-refractivity contribution in [2.75, 3.05) is 5.32 Å². The smallest absolute Gasteiger partial charge is 0.127 e. The van der Waals surface area contributed by atoms with E-state index in [0.29, 0.717) is 0 Å². The average molecular weight is 223 g/mol. The first-order chi connectivity index (χ1) is 7.72. The van der Waals surface area contributed by atoms with Crippen LogP contribution in [-0.2, 0) is 0 Å². The van der Waals surface area contributed by atoms with Gasteiger partial charge in [0.1, 0.15) is 9.52 Å². The SMILES string of the molecule is Cc1ccc2c(c1)Nc1ccc(C)cc1[Si]2. The summed E-state index contributed by atoms with van der Waals surface area (Å²) in [5, 5.41) is 6.36. The van der Waals surface area contributed by atoms with Crippen LogP contribution in [0.3, 0.4) is 0 Å². The summed E-state index contributed by atoms with van der Waals surface area (Å²) in [6, 6.07) is 13.3. The van der Waals surface area contributed by atoms with E-state index in [0.717, 1.165) is 9.52 Å². The third-order valence-corrected chi connectivity index (χ3v) is 4.28. The predicted molar refractivity (Wildman–Crippen MR) is 70.7 cm³/mol. The van der Waals surface area contributed by atoms with Crippen LogP contribution in [0.4, 0.5) is 11.4 Å². The lowest BCUT2D eigenvalue weighted by atomic mass is 10.2. The second-order valence-corrected chi connectivity index (χ2v) is 5.68. The zero-order valence-corrected chi connectivity index (χ0v) is 10.5. The van der Waals surface area contributed by atoms with E-state index >= 15 is 0 Å². The molecule has 2 aromatic carbocycles. The fraction of sp³-hybridized carbons (Fsp3) is 0.143. The van der Waals surface area contributed by atoms with Gasteiger partial charge in [-0.15, -0.1) is 0 Å². The summed E-state index contributed by atoms with van der Waals surface area (Å²) in [4.78, 5) is 0. The van der Waals surface area contributed by atoms with E-state index in [2.05, 4.69) is 55.6 Å². The van der Waals surface area contributed by atoms with Gasteiger partial charge >= 0.3 is 0 Å². The third-order valence-electron chi connectivity index (χ3n) is 2.89. The van der Waals surface area contributed by atoms with Gasteiger partial charge in [0.15, 0.2) is 0 Å². The minimum absolute atomic E-state index is 0.774. The molecule has 0 fully saturated rings. The summed E-state index contributed by atoms with van der Waals surface area (Å²) in [7, 11) is 0.774. The molecule has 0 spiro atoms. The Kier molecular flexibility index (Phi) is 2.11. The van der Waals surface area contributed by atoms with Gasteiger partial charge in [0.05, 0.1) is 0 Å². The number of benzene rings is 2. The zero-order chi connectivity index (χ0) is 11.1. The molecule has 0 aliphatic carbocycles. The molecule has 0 saturated heterocycles. The molecule has 1 aliphatic heterocycles. The van der Waals surface area contributed by atoms with E-state index in [1.54, 1.807) is 0 Å². The third kappa shape index (κ3) is 1.55. The maximum Gasteiger partial charge on any atom is 0.127 e. The molecule has 3 rings (SSSR count). The second kappa shape index (κ2) is 3.49. The van der Waals surface area contributed by atoms with Gasteiger partial charge in [0, 0.05) is 11.4 Å². The Hall–Kier alpha value is -1.54. The molecule has 0 unspecified atom stereocenters. The molecule has 0 saturated carbocycles. The van der Waals surface area contributed by atoms with Gasteiger partial charge in [0.2, 0.25) is 0 Å². The lowest BCUT2D eigenvalue weighted by molar-refractivity contribution is 1.44. The normalized spacial score (nSPS) is 12.6. The Morgan fingerprint density at radius 3 is 2.44 bits per heavy atom. The molecule has 1 heterocycles. The summed E-state index contributed by atoms with van der Waals surface area (Å²) in [5.41, 5.74) is 5.19. The van der Waals surface area contributed by atoms with Crippen molar-refractivity contribution in [3.63, 3.8) is 0 Å². The van der Waals surface area contributed by atoms with Crippen molar-refractivity contribution in [2.24, 2.45) is 0 Å². The van der Waals surface area contributed by atoms with Gasteiger partial charge < -0.3 is 5.32 Å². The second-order valence-electron chi connectivity index (χ2n) is 4.35. The summed E-state index contributed by atoms with van der Waals surface area (Å²) in [6.45, 7) is 4.28. The van der Waals surface area contributed by atoms with Gasteiger partial charge in [-0.25, -0.2) is 0 Å². The Bertz CT molecular complexity index is 509. The number of rotatable bonds is 0. The molecular weight excluding hydrogens is 210 g/mol. The van der Waals surface area contributed by atoms with Crippen LogP contribution in [0.2, 0.25) is 0 Å². The van der Waals surface area contributed by atoms with E-state index < -0.39 is 0 Å². The van der Waals surface area contributed by atoms with Crippen LogP contribution in [-0.4, -0.2) is 9.52 Å². The highest BCUT2D eigenvalue weighted by Gasteiger charge is 2.15. The first-order valence-corrected chi connectivity index (χ1v) is 6.48. The fourth-order valence-corrected chi connectivity index (χ4v) is 3.34. The average Bonchev–Trinajstić information content (AvgIpc) is 2.26. The molecule has 0 bridgehead atoms. The number of nitrogens with one attached hydrogen (secondary N) is 1. The zero-order valence-electron chi connectivity index (χ0n) is 9.46. The summed E-state index contributed by atoms with van der Waals surface area (Å²) in [6.07, 6.45) is 0.